The molecule has 0 fully saturated rings. The van der Waals surface area contributed by atoms with Gasteiger partial charge in [-0.05, 0) is 18.2 Å². The van der Waals surface area contributed by atoms with Crippen molar-refractivity contribution >= 4 is 39.2 Å². The van der Waals surface area contributed by atoms with Gasteiger partial charge in [-0.1, -0.05) is 41.4 Å². The Morgan fingerprint density at radius 1 is 1.41 bits per heavy atom. The monoisotopic (exact) mass is 317 g/mol. The summed E-state index contributed by atoms with van der Waals surface area (Å²) < 4.78 is 0.766. The van der Waals surface area contributed by atoms with Crippen LogP contribution in [0.25, 0.3) is 0 Å². The third kappa shape index (κ3) is 4.13. The fourth-order valence-corrected chi connectivity index (χ4v) is 1.70. The zero-order valence-corrected chi connectivity index (χ0v) is 11.9. The molecule has 0 spiro atoms. The van der Waals surface area contributed by atoms with Crippen LogP contribution in [0.15, 0.2) is 22.7 Å². The molecule has 17 heavy (non-hydrogen) atoms. The highest BCUT2D eigenvalue weighted by atomic mass is 79.9. The number of nitrogens with one attached hydrogen (secondary N) is 1. The summed E-state index contributed by atoms with van der Waals surface area (Å²) in [6, 6.07) is 5.00. The van der Waals surface area contributed by atoms with Crippen LogP contribution in [0.4, 0.5) is 0 Å². The van der Waals surface area contributed by atoms with Crippen LogP contribution in [0.5, 0.6) is 0 Å². The van der Waals surface area contributed by atoms with Gasteiger partial charge in [-0.25, -0.2) is 0 Å². The number of ketones is 1. The van der Waals surface area contributed by atoms with Crippen LogP contribution < -0.4 is 5.32 Å². The first kappa shape index (κ1) is 14.2. The molecule has 0 saturated heterocycles. The van der Waals surface area contributed by atoms with Crippen molar-refractivity contribution in [1.82, 2.24) is 5.32 Å². The highest BCUT2D eigenvalue weighted by Crippen LogP contribution is 2.20. The van der Waals surface area contributed by atoms with E-state index in [-0.39, 0.29) is 24.2 Å². The first-order valence-electron chi connectivity index (χ1n) is 5.17. The molecule has 0 aliphatic rings. The van der Waals surface area contributed by atoms with Gasteiger partial charge >= 0.3 is 0 Å². The molecule has 0 radical (unpaired) electrons. The maximum atomic E-state index is 11.8. The number of halogens is 2. The van der Waals surface area contributed by atoms with E-state index in [1.807, 2.05) is 0 Å². The van der Waals surface area contributed by atoms with Crippen LogP contribution in [0.3, 0.4) is 0 Å². The predicted molar refractivity (Wildman–Crippen MR) is 71.3 cm³/mol. The minimum Gasteiger partial charge on any atom is -0.345 e. The molecule has 3 nitrogen and oxygen atoms in total. The van der Waals surface area contributed by atoms with Crippen LogP contribution in [0.2, 0.25) is 5.02 Å². The van der Waals surface area contributed by atoms with Crippen molar-refractivity contribution in [3.8, 4) is 0 Å². The smallest absolute Gasteiger partial charge is 0.253 e. The van der Waals surface area contributed by atoms with Crippen LogP contribution in [0, 0.1) is 5.92 Å². The molecule has 0 aliphatic carbocycles. The molecule has 0 atom stereocenters. The zero-order valence-electron chi connectivity index (χ0n) is 9.59. The summed E-state index contributed by atoms with van der Waals surface area (Å²) in [5.74, 6) is -0.442. The summed E-state index contributed by atoms with van der Waals surface area (Å²) in [6.45, 7) is 3.61. The molecule has 1 aromatic carbocycles. The van der Waals surface area contributed by atoms with Gasteiger partial charge in [0.05, 0.1) is 17.1 Å². The van der Waals surface area contributed by atoms with Gasteiger partial charge in [0.25, 0.3) is 5.91 Å². The van der Waals surface area contributed by atoms with E-state index in [0.717, 1.165) is 4.47 Å². The van der Waals surface area contributed by atoms with Crippen molar-refractivity contribution in [1.29, 1.82) is 0 Å². The molecule has 1 rings (SSSR count). The number of hydrogen-bond donors (Lipinski definition) is 1. The largest absolute Gasteiger partial charge is 0.345 e. The van der Waals surface area contributed by atoms with Gasteiger partial charge in [-0.2, -0.15) is 0 Å². The number of rotatable bonds is 4. The molecule has 5 heteroatoms. The Bertz CT molecular complexity index is 446. The third-order valence-electron chi connectivity index (χ3n) is 2.24. The van der Waals surface area contributed by atoms with Crippen LogP contribution >= 0.6 is 27.5 Å². The topological polar surface area (TPSA) is 46.2 Å². The van der Waals surface area contributed by atoms with E-state index in [9.17, 15) is 9.59 Å². The molecule has 0 aliphatic heterocycles. The first-order valence-corrected chi connectivity index (χ1v) is 6.35. The van der Waals surface area contributed by atoms with Gasteiger partial charge in [0.15, 0.2) is 5.78 Å². The molecule has 0 heterocycles. The average molecular weight is 319 g/mol. The fraction of sp³-hybridized carbons (Fsp3) is 0.333. The Morgan fingerprint density at radius 3 is 2.65 bits per heavy atom. The van der Waals surface area contributed by atoms with E-state index in [4.69, 9.17) is 11.6 Å². The molecule has 0 aromatic heterocycles. The molecule has 0 unspecified atom stereocenters. The van der Waals surface area contributed by atoms with Crippen molar-refractivity contribution in [3.63, 3.8) is 0 Å². The summed E-state index contributed by atoms with van der Waals surface area (Å²) in [6.07, 6.45) is 0. The van der Waals surface area contributed by atoms with Crippen molar-refractivity contribution in [2.24, 2.45) is 5.92 Å². The zero-order chi connectivity index (χ0) is 13.0. The molecule has 0 bridgehead atoms. The van der Waals surface area contributed by atoms with E-state index in [1.54, 1.807) is 32.0 Å². The van der Waals surface area contributed by atoms with Gasteiger partial charge in [-0.3, -0.25) is 9.59 Å². The Labute approximate surface area is 114 Å². The Morgan fingerprint density at radius 2 is 2.06 bits per heavy atom. The van der Waals surface area contributed by atoms with E-state index in [0.29, 0.717) is 10.6 Å². The second-order valence-electron chi connectivity index (χ2n) is 3.93. The number of amides is 1. The Balaban J connectivity index is 2.70. The highest BCUT2D eigenvalue weighted by Gasteiger charge is 2.13. The summed E-state index contributed by atoms with van der Waals surface area (Å²) in [5.41, 5.74) is 0.359. The quantitative estimate of drug-likeness (QED) is 0.927. The van der Waals surface area contributed by atoms with Crippen LogP contribution in [0.1, 0.15) is 24.2 Å². The van der Waals surface area contributed by atoms with Crippen molar-refractivity contribution in [3.05, 3.63) is 33.3 Å². The molecule has 0 saturated carbocycles. The van der Waals surface area contributed by atoms with Gasteiger partial charge < -0.3 is 5.32 Å². The second kappa shape index (κ2) is 6.17. The minimum absolute atomic E-state index is 0.00975. The summed E-state index contributed by atoms with van der Waals surface area (Å²) in [4.78, 5) is 23.1. The minimum atomic E-state index is -0.342. The molecule has 1 aromatic rings. The number of Topliss-reactive ketones (excluding diaryl/α,β-unsaturated/α-hetero) is 1. The predicted octanol–water partition coefficient (Wildman–Crippen LogP) is 3.06. The third-order valence-corrected chi connectivity index (χ3v) is 3.06. The average Bonchev–Trinajstić information content (AvgIpc) is 2.28. The van der Waals surface area contributed by atoms with Crippen LogP contribution in [-0.4, -0.2) is 18.2 Å². The maximum absolute atomic E-state index is 11.8. The number of carbonyl (C=O) groups is 2. The van der Waals surface area contributed by atoms with Gasteiger partial charge in [0, 0.05) is 10.4 Å². The normalized spacial score (nSPS) is 10.4. The van der Waals surface area contributed by atoms with Gasteiger partial charge in [0.2, 0.25) is 0 Å². The SMILES string of the molecule is CC(C)C(=O)CNC(=O)c1cc(Br)ccc1Cl. The number of carbonyl (C=O) groups excluding carboxylic acids is 2. The maximum Gasteiger partial charge on any atom is 0.253 e. The molecular weight excluding hydrogens is 305 g/mol. The van der Waals surface area contributed by atoms with Gasteiger partial charge in [0.1, 0.15) is 0 Å². The van der Waals surface area contributed by atoms with E-state index in [1.165, 1.54) is 0 Å². The van der Waals surface area contributed by atoms with Crippen molar-refractivity contribution in [2.75, 3.05) is 6.54 Å². The Kier molecular flexibility index (Phi) is 5.15. The lowest BCUT2D eigenvalue weighted by atomic mass is 10.1. The lowest BCUT2D eigenvalue weighted by molar-refractivity contribution is -0.120. The summed E-state index contributed by atoms with van der Waals surface area (Å²) in [5, 5.41) is 2.92. The molecule has 1 amide bonds. The Hall–Kier alpha value is -0.870. The molecule has 1 N–H and O–H groups in total. The highest BCUT2D eigenvalue weighted by molar-refractivity contribution is 9.10. The summed E-state index contributed by atoms with van der Waals surface area (Å²) in [7, 11) is 0. The molecule has 92 valence electrons. The first-order chi connectivity index (χ1) is 7.91. The van der Waals surface area contributed by atoms with Crippen molar-refractivity contribution in [2.45, 2.75) is 13.8 Å². The van der Waals surface area contributed by atoms with Crippen molar-refractivity contribution < 1.29 is 9.59 Å². The van der Waals surface area contributed by atoms with E-state index in [2.05, 4.69) is 21.2 Å². The van der Waals surface area contributed by atoms with E-state index >= 15 is 0 Å². The standard InChI is InChI=1S/C12H13BrClNO2/c1-7(2)11(16)6-15-12(17)9-5-8(13)3-4-10(9)14/h3-5,7H,6H2,1-2H3,(H,15,17). The second-order valence-corrected chi connectivity index (χ2v) is 5.25. The number of hydrogen-bond acceptors (Lipinski definition) is 2. The van der Waals surface area contributed by atoms with Gasteiger partial charge in [-0.15, -0.1) is 0 Å². The summed E-state index contributed by atoms with van der Waals surface area (Å²) >= 11 is 9.16. The fourth-order valence-electron chi connectivity index (χ4n) is 1.14. The lowest BCUT2D eigenvalue weighted by Crippen LogP contribution is -2.31. The number of benzene rings is 1. The van der Waals surface area contributed by atoms with Crippen LogP contribution in [-0.2, 0) is 4.79 Å². The lowest BCUT2D eigenvalue weighted by Gasteiger charge is -2.08. The molecular formula is C12H13BrClNO2. The van der Waals surface area contributed by atoms with E-state index < -0.39 is 0 Å².